The van der Waals surface area contributed by atoms with Gasteiger partial charge >= 0.3 is 0 Å². The maximum atomic E-state index is 12.1. The van der Waals surface area contributed by atoms with Crippen molar-refractivity contribution >= 4 is 28.3 Å². The molecule has 3 aromatic rings. The fraction of sp³-hybridized carbons (Fsp3) is 0.0588. The molecule has 0 fully saturated rings. The molecule has 1 aliphatic heterocycles. The van der Waals surface area contributed by atoms with Crippen molar-refractivity contribution in [1.29, 1.82) is 0 Å². The van der Waals surface area contributed by atoms with Crippen molar-refractivity contribution in [1.82, 2.24) is 20.3 Å². The van der Waals surface area contributed by atoms with E-state index in [4.69, 9.17) is 0 Å². The first-order valence-corrected chi connectivity index (χ1v) is 7.21. The number of carbonyl (C=O) groups excluding carboxylic acids is 1. The Morgan fingerprint density at radius 1 is 1.13 bits per heavy atom. The highest BCUT2D eigenvalue weighted by Crippen LogP contribution is 2.19. The summed E-state index contributed by atoms with van der Waals surface area (Å²) in [5.74, 6) is 1.12. The normalized spacial score (nSPS) is 13.7. The van der Waals surface area contributed by atoms with Gasteiger partial charge in [0, 0.05) is 23.5 Å². The number of carbonyl (C=O) groups is 1. The first-order valence-electron chi connectivity index (χ1n) is 7.21. The van der Waals surface area contributed by atoms with Gasteiger partial charge < -0.3 is 10.3 Å². The van der Waals surface area contributed by atoms with Crippen LogP contribution in [0.2, 0.25) is 0 Å². The second-order valence-corrected chi connectivity index (χ2v) is 5.16. The average molecular weight is 303 g/mol. The molecule has 23 heavy (non-hydrogen) atoms. The zero-order chi connectivity index (χ0) is 15.6. The van der Waals surface area contributed by atoms with E-state index in [1.165, 1.54) is 0 Å². The highest BCUT2D eigenvalue weighted by Gasteiger charge is 2.16. The molecule has 0 saturated heterocycles. The Morgan fingerprint density at radius 2 is 1.96 bits per heavy atom. The standard InChI is InChI=1S/C17H13N5O/c23-17(11-5-7-18-8-6-11)22-15-9-12(10-19-15)16-20-13-3-1-2-4-14(13)21-16/h1-9H,10H2,(H,20,21)(H,19,22,23). The molecule has 6 heteroatoms. The van der Waals surface area contributed by atoms with Crippen LogP contribution in [0.15, 0.2) is 59.9 Å². The number of aliphatic imine (C=N–C) groups is 1. The van der Waals surface area contributed by atoms with E-state index in [0.717, 1.165) is 22.4 Å². The lowest BCUT2D eigenvalue weighted by Gasteiger charge is -2.01. The highest BCUT2D eigenvalue weighted by molar-refractivity contribution is 6.13. The Bertz CT molecular complexity index is 907. The van der Waals surface area contributed by atoms with Gasteiger partial charge in [0.2, 0.25) is 0 Å². The minimum absolute atomic E-state index is 0.201. The number of aromatic nitrogens is 3. The number of aromatic amines is 1. The summed E-state index contributed by atoms with van der Waals surface area (Å²) in [7, 11) is 0. The number of nitrogens with zero attached hydrogens (tertiary/aromatic N) is 3. The summed E-state index contributed by atoms with van der Waals surface area (Å²) in [6, 6.07) is 11.2. The number of hydrogen-bond acceptors (Lipinski definition) is 4. The smallest absolute Gasteiger partial charge is 0.256 e. The van der Waals surface area contributed by atoms with Gasteiger partial charge in [-0.25, -0.2) is 4.98 Å². The molecule has 0 saturated carbocycles. The first-order chi connectivity index (χ1) is 11.3. The molecule has 0 atom stereocenters. The van der Waals surface area contributed by atoms with Crippen LogP contribution in [0.1, 0.15) is 16.2 Å². The van der Waals surface area contributed by atoms with Crippen LogP contribution in [0.25, 0.3) is 16.6 Å². The van der Waals surface area contributed by atoms with Gasteiger partial charge in [-0.1, -0.05) is 12.1 Å². The van der Waals surface area contributed by atoms with Gasteiger partial charge in [0.1, 0.15) is 11.7 Å². The summed E-state index contributed by atoms with van der Waals surface area (Å²) >= 11 is 0. The van der Waals surface area contributed by atoms with Crippen LogP contribution in [0.3, 0.4) is 0 Å². The molecule has 0 aliphatic carbocycles. The number of imidazole rings is 1. The lowest BCUT2D eigenvalue weighted by Crippen LogP contribution is -2.28. The van der Waals surface area contributed by atoms with E-state index in [9.17, 15) is 4.79 Å². The number of nitrogens with one attached hydrogen (secondary N) is 2. The molecule has 1 amide bonds. The molecule has 1 aromatic carbocycles. The zero-order valence-corrected chi connectivity index (χ0v) is 12.2. The molecule has 2 N–H and O–H groups in total. The Kier molecular flexibility index (Phi) is 3.20. The Balaban J connectivity index is 1.53. The zero-order valence-electron chi connectivity index (χ0n) is 12.2. The second-order valence-electron chi connectivity index (χ2n) is 5.16. The molecule has 1 aliphatic rings. The number of pyridine rings is 1. The second kappa shape index (κ2) is 5.49. The van der Waals surface area contributed by atoms with Gasteiger partial charge in [-0.15, -0.1) is 0 Å². The van der Waals surface area contributed by atoms with Crippen LogP contribution >= 0.6 is 0 Å². The number of benzene rings is 1. The molecule has 3 heterocycles. The summed E-state index contributed by atoms with van der Waals surface area (Å²) < 4.78 is 0. The molecule has 0 radical (unpaired) electrons. The van der Waals surface area contributed by atoms with Gasteiger partial charge in [0.05, 0.1) is 17.6 Å². The van der Waals surface area contributed by atoms with E-state index >= 15 is 0 Å². The quantitative estimate of drug-likeness (QED) is 0.761. The van der Waals surface area contributed by atoms with Gasteiger partial charge in [-0.05, 0) is 30.3 Å². The van der Waals surface area contributed by atoms with Crippen LogP contribution in [0.4, 0.5) is 0 Å². The van der Waals surface area contributed by atoms with Crippen molar-refractivity contribution in [2.24, 2.45) is 4.99 Å². The minimum atomic E-state index is -0.201. The van der Waals surface area contributed by atoms with E-state index in [1.807, 2.05) is 30.3 Å². The van der Waals surface area contributed by atoms with E-state index < -0.39 is 0 Å². The third kappa shape index (κ3) is 2.62. The van der Waals surface area contributed by atoms with Crippen molar-refractivity contribution in [2.45, 2.75) is 0 Å². The molecule has 0 bridgehead atoms. The molecular formula is C17H13N5O. The highest BCUT2D eigenvalue weighted by atomic mass is 16.1. The maximum Gasteiger partial charge on any atom is 0.256 e. The van der Waals surface area contributed by atoms with E-state index in [1.54, 1.807) is 24.5 Å². The van der Waals surface area contributed by atoms with Crippen LogP contribution in [0, 0.1) is 0 Å². The number of hydrogen-bond donors (Lipinski definition) is 2. The number of rotatable bonds is 2. The van der Waals surface area contributed by atoms with Crippen molar-refractivity contribution in [3.63, 3.8) is 0 Å². The largest absolute Gasteiger partial charge is 0.338 e. The topological polar surface area (TPSA) is 83.0 Å². The third-order valence-electron chi connectivity index (χ3n) is 3.61. The molecule has 2 aromatic heterocycles. The lowest BCUT2D eigenvalue weighted by atomic mass is 10.2. The fourth-order valence-electron chi connectivity index (χ4n) is 2.44. The summed E-state index contributed by atoms with van der Waals surface area (Å²) in [6.45, 7) is 0.492. The third-order valence-corrected chi connectivity index (χ3v) is 3.61. The van der Waals surface area contributed by atoms with Crippen molar-refractivity contribution in [3.8, 4) is 0 Å². The molecule has 0 spiro atoms. The number of para-hydroxylation sites is 2. The van der Waals surface area contributed by atoms with E-state index in [2.05, 4.69) is 25.3 Å². The van der Waals surface area contributed by atoms with Gasteiger partial charge in [-0.3, -0.25) is 14.8 Å². The van der Waals surface area contributed by atoms with Crippen LogP contribution in [-0.2, 0) is 0 Å². The lowest BCUT2D eigenvalue weighted by molar-refractivity contribution is 0.0977. The summed E-state index contributed by atoms with van der Waals surface area (Å²) in [6.07, 6.45) is 5.01. The number of H-pyrrole nitrogens is 1. The summed E-state index contributed by atoms with van der Waals surface area (Å²) in [5, 5.41) is 2.79. The number of fused-ring (bicyclic) bond motifs is 1. The Labute approximate surface area is 132 Å². The number of amides is 1. The predicted octanol–water partition coefficient (Wildman–Crippen LogP) is 2.18. The van der Waals surface area contributed by atoms with Gasteiger partial charge in [-0.2, -0.15) is 0 Å². The number of amidine groups is 1. The molecular weight excluding hydrogens is 290 g/mol. The summed E-state index contributed by atoms with van der Waals surface area (Å²) in [5.41, 5.74) is 3.40. The molecule has 6 nitrogen and oxygen atoms in total. The predicted molar refractivity (Wildman–Crippen MR) is 88.1 cm³/mol. The monoisotopic (exact) mass is 303 g/mol. The van der Waals surface area contributed by atoms with E-state index in [-0.39, 0.29) is 5.91 Å². The maximum absolute atomic E-state index is 12.1. The average Bonchev–Trinajstić information content (AvgIpc) is 3.21. The van der Waals surface area contributed by atoms with Gasteiger partial charge in [0.15, 0.2) is 0 Å². The van der Waals surface area contributed by atoms with Gasteiger partial charge in [0.25, 0.3) is 5.91 Å². The van der Waals surface area contributed by atoms with Crippen LogP contribution in [-0.4, -0.2) is 33.2 Å². The summed E-state index contributed by atoms with van der Waals surface area (Å²) in [4.78, 5) is 28.2. The SMILES string of the molecule is O=C(NC1=NCC(c2nc3ccccc3[nH]2)=C1)c1ccncc1. The molecule has 112 valence electrons. The first kappa shape index (κ1) is 13.4. The van der Waals surface area contributed by atoms with Crippen molar-refractivity contribution in [2.75, 3.05) is 6.54 Å². The van der Waals surface area contributed by atoms with Crippen LogP contribution < -0.4 is 5.32 Å². The van der Waals surface area contributed by atoms with Crippen LogP contribution in [0.5, 0.6) is 0 Å². The Hall–Kier alpha value is -3.28. The minimum Gasteiger partial charge on any atom is -0.338 e. The van der Waals surface area contributed by atoms with Crippen molar-refractivity contribution in [3.05, 3.63) is 66.3 Å². The Morgan fingerprint density at radius 3 is 2.78 bits per heavy atom. The fourth-order valence-corrected chi connectivity index (χ4v) is 2.44. The molecule has 0 unspecified atom stereocenters. The van der Waals surface area contributed by atoms with Crippen molar-refractivity contribution < 1.29 is 4.79 Å². The van der Waals surface area contributed by atoms with E-state index in [0.29, 0.717) is 17.9 Å². The molecule has 4 rings (SSSR count).